The molecule has 2 aromatic rings. The Labute approximate surface area is 175 Å². The molecule has 1 heterocycles. The molecule has 0 bridgehead atoms. The Morgan fingerprint density at radius 2 is 2.10 bits per heavy atom. The molecule has 3 rings (SSSR count). The van der Waals surface area contributed by atoms with Crippen LogP contribution in [0.2, 0.25) is 5.02 Å². The summed E-state index contributed by atoms with van der Waals surface area (Å²) in [5, 5.41) is 3.24. The van der Waals surface area contributed by atoms with Crippen molar-refractivity contribution in [1.82, 2.24) is 5.32 Å². The molecule has 0 saturated carbocycles. The number of benzene rings is 2. The van der Waals surface area contributed by atoms with Gasteiger partial charge in [-0.15, -0.1) is 0 Å². The number of sulfonamides is 1. The average molecular weight is 439 g/mol. The van der Waals surface area contributed by atoms with Crippen LogP contribution in [0.4, 0.5) is 5.69 Å². The van der Waals surface area contributed by atoms with Crippen LogP contribution in [0.5, 0.6) is 11.5 Å². The lowest BCUT2D eigenvalue weighted by Crippen LogP contribution is -2.39. The van der Waals surface area contributed by atoms with Gasteiger partial charge in [0.15, 0.2) is 6.10 Å². The van der Waals surface area contributed by atoms with Gasteiger partial charge in [-0.3, -0.25) is 9.10 Å². The largest absolute Gasteiger partial charge is 0.494 e. The number of halogens is 1. The molecule has 156 valence electrons. The van der Waals surface area contributed by atoms with E-state index in [2.05, 4.69) is 5.32 Å². The predicted octanol–water partition coefficient (Wildman–Crippen LogP) is 2.97. The summed E-state index contributed by atoms with van der Waals surface area (Å²) in [6.07, 6.45) is 0.505. The monoisotopic (exact) mass is 438 g/mol. The first-order valence-electron chi connectivity index (χ1n) is 9.21. The second kappa shape index (κ2) is 8.92. The van der Waals surface area contributed by atoms with Crippen molar-refractivity contribution < 1.29 is 22.7 Å². The zero-order chi connectivity index (χ0) is 21.0. The van der Waals surface area contributed by atoms with E-state index in [9.17, 15) is 13.2 Å². The molecule has 0 aliphatic carbocycles. The molecule has 0 fully saturated rings. The zero-order valence-corrected chi connectivity index (χ0v) is 17.8. The summed E-state index contributed by atoms with van der Waals surface area (Å²) < 4.78 is 36.9. The van der Waals surface area contributed by atoms with E-state index < -0.39 is 16.1 Å². The highest BCUT2D eigenvalue weighted by atomic mass is 35.5. The maximum absolute atomic E-state index is 12.7. The number of hydrogen-bond acceptors (Lipinski definition) is 5. The molecule has 9 heteroatoms. The lowest BCUT2D eigenvalue weighted by atomic mass is 10.2. The topological polar surface area (TPSA) is 84.9 Å². The Bertz CT molecular complexity index is 996. The summed E-state index contributed by atoms with van der Waals surface area (Å²) in [7, 11) is -3.54. The van der Waals surface area contributed by atoms with E-state index in [0.717, 1.165) is 17.6 Å². The third kappa shape index (κ3) is 5.33. The van der Waals surface area contributed by atoms with Crippen molar-refractivity contribution in [3.8, 4) is 11.5 Å². The minimum absolute atomic E-state index is 0.115. The van der Waals surface area contributed by atoms with Crippen molar-refractivity contribution in [2.45, 2.75) is 26.0 Å². The molecule has 29 heavy (non-hydrogen) atoms. The molecular weight excluding hydrogens is 416 g/mol. The number of rotatable bonds is 6. The smallest absolute Gasteiger partial charge is 0.261 e. The van der Waals surface area contributed by atoms with Gasteiger partial charge >= 0.3 is 0 Å². The molecule has 0 aromatic heterocycles. The molecule has 0 saturated heterocycles. The first kappa shape index (κ1) is 21.3. The van der Waals surface area contributed by atoms with Gasteiger partial charge in [-0.2, -0.15) is 0 Å². The predicted molar refractivity (Wildman–Crippen MR) is 112 cm³/mol. The maximum atomic E-state index is 12.7. The fourth-order valence-corrected chi connectivity index (χ4v) is 4.20. The number of carbonyl (C=O) groups is 1. The lowest BCUT2D eigenvalue weighted by Gasteiger charge is -2.21. The number of hydrogen-bond donors (Lipinski definition) is 1. The Hall–Kier alpha value is -2.45. The van der Waals surface area contributed by atoms with Gasteiger partial charge in [0.25, 0.3) is 5.91 Å². The highest BCUT2D eigenvalue weighted by Crippen LogP contribution is 2.36. The van der Waals surface area contributed by atoms with Gasteiger partial charge in [-0.25, -0.2) is 8.42 Å². The molecular formula is C20H23ClN2O5S. The fraction of sp³-hybridized carbons (Fsp3) is 0.350. The van der Waals surface area contributed by atoms with Crippen LogP contribution in [0.25, 0.3) is 0 Å². The summed E-state index contributed by atoms with van der Waals surface area (Å²) in [6.45, 7) is 2.89. The Morgan fingerprint density at radius 1 is 1.31 bits per heavy atom. The van der Waals surface area contributed by atoms with Gasteiger partial charge < -0.3 is 14.8 Å². The van der Waals surface area contributed by atoms with E-state index in [0.29, 0.717) is 29.6 Å². The Balaban J connectivity index is 1.74. The summed E-state index contributed by atoms with van der Waals surface area (Å²) in [5.74, 6) is 0.721. The minimum Gasteiger partial charge on any atom is -0.494 e. The first-order chi connectivity index (χ1) is 13.8. The van der Waals surface area contributed by atoms with Crippen molar-refractivity contribution in [1.29, 1.82) is 0 Å². The molecule has 0 unspecified atom stereocenters. The minimum atomic E-state index is -3.54. The zero-order valence-electron chi connectivity index (χ0n) is 16.2. The summed E-state index contributed by atoms with van der Waals surface area (Å²) in [4.78, 5) is 12.7. The molecule has 7 nitrogen and oxygen atoms in total. The number of fused-ring (bicyclic) bond motifs is 1. The van der Waals surface area contributed by atoms with E-state index in [1.165, 1.54) is 10.4 Å². The Morgan fingerprint density at radius 3 is 2.83 bits per heavy atom. The van der Waals surface area contributed by atoms with Crippen LogP contribution >= 0.6 is 11.6 Å². The van der Waals surface area contributed by atoms with Crippen molar-refractivity contribution in [2.24, 2.45) is 0 Å². The van der Waals surface area contributed by atoms with E-state index in [1.807, 2.05) is 31.2 Å². The maximum Gasteiger partial charge on any atom is 0.261 e. The average Bonchev–Trinajstić information content (AvgIpc) is 2.86. The molecule has 0 radical (unpaired) electrons. The van der Waals surface area contributed by atoms with Gasteiger partial charge in [0.2, 0.25) is 10.0 Å². The van der Waals surface area contributed by atoms with Crippen LogP contribution in [0.3, 0.4) is 0 Å². The van der Waals surface area contributed by atoms with Crippen molar-refractivity contribution in [3.63, 3.8) is 0 Å². The molecule has 1 amide bonds. The second-order valence-electron chi connectivity index (χ2n) is 6.64. The standard InChI is InChI=1S/C20H23ClN2O5S/c1-3-27-16-6-4-5-14(11-16)13-22-20(24)19-9-10-23(29(2,25)26)17-12-15(21)7-8-18(17)28-19/h4-8,11-12,19H,3,9-10,13H2,1-2H3,(H,22,24)/t19-/m0/s1. The van der Waals surface area contributed by atoms with E-state index >= 15 is 0 Å². The number of anilines is 1. The normalized spacial score (nSPS) is 16.4. The van der Waals surface area contributed by atoms with Gasteiger partial charge in [0.05, 0.1) is 18.6 Å². The number of ether oxygens (including phenoxy) is 2. The van der Waals surface area contributed by atoms with Gasteiger partial charge in [-0.1, -0.05) is 23.7 Å². The number of nitrogens with zero attached hydrogens (tertiary/aromatic N) is 1. The quantitative estimate of drug-likeness (QED) is 0.749. The van der Waals surface area contributed by atoms with E-state index in [1.54, 1.807) is 12.1 Å². The highest BCUT2D eigenvalue weighted by Gasteiger charge is 2.31. The van der Waals surface area contributed by atoms with E-state index in [-0.39, 0.29) is 18.9 Å². The van der Waals surface area contributed by atoms with Crippen molar-refractivity contribution >= 4 is 33.2 Å². The van der Waals surface area contributed by atoms with Crippen molar-refractivity contribution in [3.05, 3.63) is 53.1 Å². The van der Waals surface area contributed by atoms with Crippen LogP contribution in [-0.4, -0.2) is 39.8 Å². The Kier molecular flexibility index (Phi) is 6.54. The van der Waals surface area contributed by atoms with Gasteiger partial charge in [0, 0.05) is 24.5 Å². The van der Waals surface area contributed by atoms with Crippen LogP contribution in [0.15, 0.2) is 42.5 Å². The fourth-order valence-electron chi connectivity index (χ4n) is 3.10. The van der Waals surface area contributed by atoms with E-state index in [4.69, 9.17) is 21.1 Å². The lowest BCUT2D eigenvalue weighted by molar-refractivity contribution is -0.128. The second-order valence-corrected chi connectivity index (χ2v) is 8.98. The van der Waals surface area contributed by atoms with Crippen molar-refractivity contribution in [2.75, 3.05) is 23.7 Å². The van der Waals surface area contributed by atoms with Gasteiger partial charge in [-0.05, 0) is 42.8 Å². The summed E-state index contributed by atoms with van der Waals surface area (Å²) in [6, 6.07) is 12.2. The third-order valence-corrected chi connectivity index (χ3v) is 5.84. The van der Waals surface area contributed by atoms with Gasteiger partial charge in [0.1, 0.15) is 11.5 Å². The number of nitrogens with one attached hydrogen (secondary N) is 1. The summed E-state index contributed by atoms with van der Waals surface area (Å²) in [5.41, 5.74) is 1.22. The molecule has 0 spiro atoms. The van der Waals surface area contributed by atoms with Crippen LogP contribution in [0, 0.1) is 0 Å². The molecule has 1 atom stereocenters. The van der Waals surface area contributed by atoms with Crippen LogP contribution < -0.4 is 19.1 Å². The summed E-state index contributed by atoms with van der Waals surface area (Å²) >= 11 is 6.03. The van der Waals surface area contributed by atoms with Crippen LogP contribution in [-0.2, 0) is 21.4 Å². The molecule has 1 aliphatic rings. The highest BCUT2D eigenvalue weighted by molar-refractivity contribution is 7.92. The first-order valence-corrected chi connectivity index (χ1v) is 11.4. The number of amides is 1. The molecule has 2 aromatic carbocycles. The molecule has 1 N–H and O–H groups in total. The van der Waals surface area contributed by atoms with Crippen LogP contribution in [0.1, 0.15) is 18.9 Å². The molecule has 1 aliphatic heterocycles. The third-order valence-electron chi connectivity index (χ3n) is 4.42. The SMILES string of the molecule is CCOc1cccc(CNC(=O)[C@@H]2CCN(S(C)(=O)=O)c3cc(Cl)ccc3O2)c1. The number of carbonyl (C=O) groups excluding carboxylic acids is 1.